The maximum absolute atomic E-state index is 12.8. The van der Waals surface area contributed by atoms with Crippen LogP contribution in [0.15, 0.2) is 35.1 Å². The third kappa shape index (κ3) is 2.22. The molecule has 1 saturated carbocycles. The summed E-state index contributed by atoms with van der Waals surface area (Å²) in [4.78, 5) is 12.8. The van der Waals surface area contributed by atoms with Gasteiger partial charge >= 0.3 is 0 Å². The van der Waals surface area contributed by atoms with E-state index >= 15 is 0 Å². The zero-order chi connectivity index (χ0) is 14.1. The fraction of sp³-hybridized carbons (Fsp3) is 0.438. The lowest BCUT2D eigenvalue weighted by molar-refractivity contribution is 0.362. The number of nitrogen functional groups attached to an aromatic ring is 1. The van der Waals surface area contributed by atoms with Gasteiger partial charge in [0.1, 0.15) is 5.82 Å². The molecule has 0 bridgehead atoms. The van der Waals surface area contributed by atoms with Crippen molar-refractivity contribution in [2.24, 2.45) is 0 Å². The third-order valence-corrected chi connectivity index (χ3v) is 5.45. The van der Waals surface area contributed by atoms with E-state index in [0.717, 1.165) is 17.2 Å². The van der Waals surface area contributed by atoms with Gasteiger partial charge in [-0.05, 0) is 36.6 Å². The van der Waals surface area contributed by atoms with Crippen LogP contribution < -0.4 is 11.3 Å². The number of pyridine rings is 1. The highest BCUT2D eigenvalue weighted by Gasteiger charge is 2.28. The Bertz CT molecular complexity index is 680. The summed E-state index contributed by atoms with van der Waals surface area (Å²) in [6.07, 6.45) is 6.79. The lowest BCUT2D eigenvalue weighted by Gasteiger charge is -2.32. The zero-order valence-electron chi connectivity index (χ0n) is 11.7. The Morgan fingerprint density at radius 3 is 2.80 bits per heavy atom. The largest absolute Gasteiger partial charge is 0.385 e. The van der Waals surface area contributed by atoms with Gasteiger partial charge in [0.2, 0.25) is 0 Å². The number of nitrogens with two attached hydrogens (primary N) is 1. The summed E-state index contributed by atoms with van der Waals surface area (Å²) >= 11 is 1.86. The highest BCUT2D eigenvalue weighted by molar-refractivity contribution is 7.99. The number of anilines is 1. The van der Waals surface area contributed by atoms with E-state index in [9.17, 15) is 4.79 Å². The van der Waals surface area contributed by atoms with Gasteiger partial charge in [0, 0.05) is 10.6 Å². The molecule has 2 N–H and O–H groups in total. The van der Waals surface area contributed by atoms with Crippen molar-refractivity contribution in [2.75, 3.05) is 12.0 Å². The topological polar surface area (TPSA) is 48.0 Å². The first kappa shape index (κ1) is 13.6. The van der Waals surface area contributed by atoms with Crippen LogP contribution in [0.3, 0.4) is 0 Å². The van der Waals surface area contributed by atoms with E-state index in [1.165, 1.54) is 19.3 Å². The first-order valence-corrected chi connectivity index (χ1v) is 8.43. The summed E-state index contributed by atoms with van der Waals surface area (Å²) in [6.45, 7) is 0. The lowest BCUT2D eigenvalue weighted by Crippen LogP contribution is -2.34. The Balaban J connectivity index is 2.17. The molecule has 2 aromatic rings. The van der Waals surface area contributed by atoms with Crippen molar-refractivity contribution in [2.45, 2.75) is 37.0 Å². The average molecular weight is 288 g/mol. The molecule has 1 heterocycles. The first-order valence-electron chi connectivity index (χ1n) is 7.15. The standard InChI is InChI=1S/C16H20N2OS/c1-20-14-9-5-4-8-13(14)18-15(17)10-11-6-2-3-7-12(11)16(18)19/h2-3,6-7,10,13-14H,4-5,8-9,17H2,1H3. The van der Waals surface area contributed by atoms with Crippen molar-refractivity contribution in [1.29, 1.82) is 0 Å². The van der Waals surface area contributed by atoms with Crippen molar-refractivity contribution >= 4 is 28.4 Å². The molecular formula is C16H20N2OS. The summed E-state index contributed by atoms with van der Waals surface area (Å²) in [5.74, 6) is 0.597. The Hall–Kier alpha value is -1.42. The molecule has 0 saturated heterocycles. The SMILES string of the molecule is CSC1CCCCC1n1c(N)cc2ccccc2c1=O. The minimum atomic E-state index is 0.0616. The number of hydrogen-bond acceptors (Lipinski definition) is 3. The van der Waals surface area contributed by atoms with Crippen LogP contribution in [0.25, 0.3) is 10.8 Å². The van der Waals surface area contributed by atoms with E-state index in [4.69, 9.17) is 5.73 Å². The van der Waals surface area contributed by atoms with E-state index in [1.54, 1.807) is 0 Å². The van der Waals surface area contributed by atoms with Gasteiger partial charge in [0.05, 0.1) is 6.04 Å². The third-order valence-electron chi connectivity index (χ3n) is 4.29. The van der Waals surface area contributed by atoms with Gasteiger partial charge in [-0.1, -0.05) is 31.0 Å². The minimum absolute atomic E-state index is 0.0616. The quantitative estimate of drug-likeness (QED) is 0.921. The molecule has 20 heavy (non-hydrogen) atoms. The fourth-order valence-corrected chi connectivity index (χ4v) is 4.26. The summed E-state index contributed by atoms with van der Waals surface area (Å²) in [5, 5.41) is 2.19. The van der Waals surface area contributed by atoms with E-state index in [1.807, 2.05) is 46.7 Å². The average Bonchev–Trinajstić information content (AvgIpc) is 2.48. The maximum Gasteiger partial charge on any atom is 0.260 e. The van der Waals surface area contributed by atoms with Crippen molar-refractivity contribution in [3.05, 3.63) is 40.7 Å². The summed E-state index contributed by atoms with van der Waals surface area (Å²) < 4.78 is 1.84. The number of nitrogens with zero attached hydrogens (tertiary/aromatic N) is 1. The monoisotopic (exact) mass is 288 g/mol. The zero-order valence-corrected chi connectivity index (χ0v) is 12.5. The van der Waals surface area contributed by atoms with Gasteiger partial charge < -0.3 is 5.73 Å². The molecule has 1 aliphatic carbocycles. The van der Waals surface area contributed by atoms with Gasteiger partial charge in [-0.3, -0.25) is 9.36 Å². The van der Waals surface area contributed by atoms with Crippen molar-refractivity contribution in [3.8, 4) is 0 Å². The van der Waals surface area contributed by atoms with E-state index in [-0.39, 0.29) is 11.6 Å². The second-order valence-corrected chi connectivity index (χ2v) is 6.53. The number of rotatable bonds is 2. The molecule has 0 radical (unpaired) electrons. The molecule has 3 rings (SSSR count). The molecule has 0 aliphatic heterocycles. The van der Waals surface area contributed by atoms with E-state index in [2.05, 4.69) is 6.26 Å². The predicted octanol–water partition coefficient (Wildman–Crippen LogP) is 3.43. The Labute approximate surface area is 123 Å². The molecule has 3 nitrogen and oxygen atoms in total. The number of thioether (sulfide) groups is 1. The molecule has 1 aromatic carbocycles. The van der Waals surface area contributed by atoms with Gasteiger partial charge in [0.25, 0.3) is 5.56 Å². The van der Waals surface area contributed by atoms with Crippen LogP contribution in [0.5, 0.6) is 0 Å². The predicted molar refractivity (Wildman–Crippen MR) is 87.4 cm³/mol. The molecule has 1 aromatic heterocycles. The second-order valence-electron chi connectivity index (χ2n) is 5.46. The molecule has 1 aliphatic rings. The first-order chi connectivity index (χ1) is 9.72. The Morgan fingerprint density at radius 1 is 1.25 bits per heavy atom. The van der Waals surface area contributed by atoms with Gasteiger partial charge in [-0.25, -0.2) is 0 Å². The molecule has 2 unspecified atom stereocenters. The van der Waals surface area contributed by atoms with Crippen LogP contribution in [0.1, 0.15) is 31.7 Å². The Kier molecular flexibility index (Phi) is 3.74. The second kappa shape index (κ2) is 5.52. The van der Waals surface area contributed by atoms with Crippen molar-refractivity contribution < 1.29 is 0 Å². The van der Waals surface area contributed by atoms with Gasteiger partial charge in [0.15, 0.2) is 0 Å². The summed E-state index contributed by atoms with van der Waals surface area (Å²) in [5.41, 5.74) is 6.25. The van der Waals surface area contributed by atoms with Gasteiger partial charge in [-0.15, -0.1) is 0 Å². The minimum Gasteiger partial charge on any atom is -0.385 e. The number of fused-ring (bicyclic) bond motifs is 1. The van der Waals surface area contributed by atoms with E-state index < -0.39 is 0 Å². The van der Waals surface area contributed by atoms with Crippen LogP contribution in [-0.2, 0) is 0 Å². The van der Waals surface area contributed by atoms with Crippen LogP contribution in [0, 0.1) is 0 Å². The van der Waals surface area contributed by atoms with Crippen LogP contribution in [0.4, 0.5) is 5.82 Å². The molecule has 1 fully saturated rings. The van der Waals surface area contributed by atoms with Crippen LogP contribution in [0.2, 0.25) is 0 Å². The molecular weight excluding hydrogens is 268 g/mol. The molecule has 2 atom stereocenters. The number of hydrogen-bond donors (Lipinski definition) is 1. The van der Waals surface area contributed by atoms with Crippen LogP contribution in [-0.4, -0.2) is 16.1 Å². The fourth-order valence-electron chi connectivity index (χ4n) is 3.28. The van der Waals surface area contributed by atoms with Crippen LogP contribution >= 0.6 is 11.8 Å². The lowest BCUT2D eigenvalue weighted by atomic mass is 9.94. The normalized spacial score (nSPS) is 23.1. The van der Waals surface area contributed by atoms with Crippen molar-refractivity contribution in [1.82, 2.24) is 4.57 Å². The highest BCUT2D eigenvalue weighted by Crippen LogP contribution is 2.36. The van der Waals surface area contributed by atoms with Gasteiger partial charge in [-0.2, -0.15) is 11.8 Å². The molecule has 0 amide bonds. The molecule has 0 spiro atoms. The Morgan fingerprint density at radius 2 is 2.00 bits per heavy atom. The summed E-state index contributed by atoms with van der Waals surface area (Å²) in [6, 6.07) is 9.86. The maximum atomic E-state index is 12.8. The highest BCUT2D eigenvalue weighted by atomic mass is 32.2. The summed E-state index contributed by atoms with van der Waals surface area (Å²) in [7, 11) is 0. The molecule has 4 heteroatoms. The van der Waals surface area contributed by atoms with Crippen molar-refractivity contribution in [3.63, 3.8) is 0 Å². The number of aromatic nitrogens is 1. The smallest absolute Gasteiger partial charge is 0.260 e. The molecule has 106 valence electrons. The van der Waals surface area contributed by atoms with E-state index in [0.29, 0.717) is 11.1 Å². The number of benzene rings is 1.